The molecule has 0 unspecified atom stereocenters. The Morgan fingerprint density at radius 1 is 1.25 bits per heavy atom. The summed E-state index contributed by atoms with van der Waals surface area (Å²) in [6.45, 7) is 3.89. The van der Waals surface area contributed by atoms with Gasteiger partial charge in [0.25, 0.3) is 0 Å². The van der Waals surface area contributed by atoms with Crippen LogP contribution in [0.15, 0.2) is 64.3 Å². The summed E-state index contributed by atoms with van der Waals surface area (Å²) in [6, 6.07) is 9.03. The fourth-order valence-electron chi connectivity index (χ4n) is 3.56. The first-order valence-corrected chi connectivity index (χ1v) is 11.5. The number of thioether (sulfide) groups is 1. The summed E-state index contributed by atoms with van der Waals surface area (Å²) in [5.74, 6) is -0.504. The third kappa shape index (κ3) is 4.51. The fourth-order valence-corrected chi connectivity index (χ4v) is 4.96. The zero-order valence-electron chi connectivity index (χ0n) is 17.3. The first kappa shape index (κ1) is 22.7. The molecule has 2 aliphatic rings. The molecule has 0 fully saturated rings. The maximum absolute atomic E-state index is 13.4. The van der Waals surface area contributed by atoms with E-state index in [9.17, 15) is 9.18 Å². The quantitative estimate of drug-likeness (QED) is 0.432. The smallest absolute Gasteiger partial charge is 0.338 e. The van der Waals surface area contributed by atoms with Crippen LogP contribution in [-0.4, -0.2) is 22.6 Å². The lowest BCUT2D eigenvalue weighted by Crippen LogP contribution is -2.34. The minimum Gasteiger partial charge on any atom is -0.486 e. The third-order valence-corrected chi connectivity index (χ3v) is 6.26. The SMILES string of the molecule is CCOC(=O)C1=C(C)N=C2SC=CN2[C@@H]1c1cc(Cl)c(OCc2cccc(F)c2)c(Cl)c1. The molecule has 2 aliphatic heterocycles. The number of ether oxygens (including phenoxy) is 2. The minimum absolute atomic E-state index is 0.107. The Hall–Kier alpha value is -2.48. The van der Waals surface area contributed by atoms with Gasteiger partial charge < -0.3 is 14.4 Å². The monoisotopic (exact) mass is 492 g/mol. The van der Waals surface area contributed by atoms with Gasteiger partial charge in [-0.25, -0.2) is 14.2 Å². The molecule has 0 bridgehead atoms. The number of nitrogens with zero attached hydrogens (tertiary/aromatic N) is 2. The van der Waals surface area contributed by atoms with Gasteiger partial charge in [-0.15, -0.1) is 0 Å². The zero-order valence-corrected chi connectivity index (χ0v) is 19.6. The van der Waals surface area contributed by atoms with Gasteiger partial charge in [0.1, 0.15) is 12.4 Å². The van der Waals surface area contributed by atoms with E-state index in [1.165, 1.54) is 23.9 Å². The highest BCUT2D eigenvalue weighted by Gasteiger charge is 2.38. The number of carbonyl (C=O) groups excluding carboxylic acids is 1. The molecular weight excluding hydrogens is 474 g/mol. The summed E-state index contributed by atoms with van der Waals surface area (Å²) in [7, 11) is 0. The molecule has 0 aliphatic carbocycles. The first-order chi connectivity index (χ1) is 15.4. The number of benzene rings is 2. The molecule has 4 rings (SSSR count). The molecule has 5 nitrogen and oxygen atoms in total. The van der Waals surface area contributed by atoms with Crippen LogP contribution < -0.4 is 4.74 Å². The summed E-state index contributed by atoms with van der Waals surface area (Å²) >= 11 is 14.5. The van der Waals surface area contributed by atoms with Gasteiger partial charge in [0.05, 0.1) is 34.0 Å². The Labute approximate surface area is 199 Å². The highest BCUT2D eigenvalue weighted by atomic mass is 35.5. The molecule has 166 valence electrons. The number of allylic oxidation sites excluding steroid dienone is 1. The van der Waals surface area contributed by atoms with Crippen LogP contribution in [-0.2, 0) is 16.1 Å². The van der Waals surface area contributed by atoms with E-state index in [0.29, 0.717) is 22.4 Å². The number of halogens is 3. The van der Waals surface area contributed by atoms with Crippen molar-refractivity contribution < 1.29 is 18.7 Å². The van der Waals surface area contributed by atoms with Crippen LogP contribution >= 0.6 is 35.0 Å². The second-order valence-corrected chi connectivity index (χ2v) is 8.75. The number of rotatable bonds is 6. The maximum atomic E-state index is 13.4. The lowest BCUT2D eigenvalue weighted by Gasteiger charge is -2.33. The summed E-state index contributed by atoms with van der Waals surface area (Å²) < 4.78 is 24.5. The van der Waals surface area contributed by atoms with Crippen molar-refractivity contribution in [2.24, 2.45) is 4.99 Å². The molecule has 2 aromatic carbocycles. The number of carbonyl (C=O) groups is 1. The van der Waals surface area contributed by atoms with Crippen LogP contribution in [0, 0.1) is 5.82 Å². The van der Waals surface area contributed by atoms with Crippen LogP contribution in [0.25, 0.3) is 0 Å². The summed E-state index contributed by atoms with van der Waals surface area (Å²) in [4.78, 5) is 19.2. The predicted molar refractivity (Wildman–Crippen MR) is 125 cm³/mol. The largest absolute Gasteiger partial charge is 0.486 e. The molecule has 1 atom stereocenters. The van der Waals surface area contributed by atoms with Gasteiger partial charge in [-0.05, 0) is 54.6 Å². The summed E-state index contributed by atoms with van der Waals surface area (Å²) in [5, 5.41) is 3.21. The standard InChI is InChI=1S/C23H19Cl2FN2O3S/c1-3-30-22(29)19-13(2)27-23-28(7-8-32-23)20(19)15-10-17(24)21(18(25)11-15)31-12-14-5-4-6-16(26)9-14/h4-11,20H,3,12H2,1-2H3/t20-/m1/s1. The Bertz CT molecular complexity index is 1140. The molecule has 9 heteroatoms. The van der Waals surface area contributed by atoms with Crippen LogP contribution in [0.4, 0.5) is 4.39 Å². The summed E-state index contributed by atoms with van der Waals surface area (Å²) in [6.07, 6.45) is 1.86. The number of hydrogen-bond acceptors (Lipinski definition) is 6. The van der Waals surface area contributed by atoms with Gasteiger partial charge in [-0.1, -0.05) is 47.1 Å². The lowest BCUT2D eigenvalue weighted by molar-refractivity contribution is -0.139. The fraction of sp³-hybridized carbons (Fsp3) is 0.217. The van der Waals surface area contributed by atoms with Crippen molar-refractivity contribution in [1.82, 2.24) is 4.90 Å². The Morgan fingerprint density at radius 2 is 2.00 bits per heavy atom. The van der Waals surface area contributed by atoms with Crippen molar-refractivity contribution in [2.75, 3.05) is 6.61 Å². The van der Waals surface area contributed by atoms with Crippen LogP contribution in [0.2, 0.25) is 10.0 Å². The highest BCUT2D eigenvalue weighted by molar-refractivity contribution is 8.16. The number of amidine groups is 1. The van der Waals surface area contributed by atoms with E-state index in [2.05, 4.69) is 4.99 Å². The van der Waals surface area contributed by atoms with Crippen LogP contribution in [0.1, 0.15) is 31.0 Å². The van der Waals surface area contributed by atoms with Crippen LogP contribution in [0.5, 0.6) is 5.75 Å². The van der Waals surface area contributed by atoms with E-state index in [-0.39, 0.29) is 34.8 Å². The third-order valence-electron chi connectivity index (χ3n) is 4.92. The van der Waals surface area contributed by atoms with Gasteiger partial charge in [-0.2, -0.15) is 0 Å². The second-order valence-electron chi connectivity index (χ2n) is 7.06. The molecule has 0 radical (unpaired) electrons. The molecule has 0 N–H and O–H groups in total. The molecule has 0 saturated heterocycles. The number of esters is 1. The van der Waals surface area contributed by atoms with E-state index in [0.717, 1.165) is 5.17 Å². The molecule has 2 aromatic rings. The molecule has 0 amide bonds. The average Bonchev–Trinajstić information content (AvgIpc) is 3.20. The number of fused-ring (bicyclic) bond motifs is 1. The van der Waals surface area contributed by atoms with Crippen molar-refractivity contribution in [3.05, 3.63) is 86.3 Å². The van der Waals surface area contributed by atoms with Crippen molar-refractivity contribution in [3.8, 4) is 5.75 Å². The summed E-state index contributed by atoms with van der Waals surface area (Å²) in [5.41, 5.74) is 2.34. The van der Waals surface area contributed by atoms with E-state index in [1.807, 2.05) is 16.5 Å². The van der Waals surface area contributed by atoms with E-state index >= 15 is 0 Å². The van der Waals surface area contributed by atoms with Gasteiger partial charge in [-0.3, -0.25) is 0 Å². The average molecular weight is 493 g/mol. The molecule has 2 heterocycles. The Balaban J connectivity index is 1.68. The van der Waals surface area contributed by atoms with E-state index in [4.69, 9.17) is 32.7 Å². The second kappa shape index (κ2) is 9.57. The van der Waals surface area contributed by atoms with Gasteiger partial charge >= 0.3 is 5.97 Å². The molecule has 32 heavy (non-hydrogen) atoms. The molecule has 0 spiro atoms. The molecular formula is C23H19Cl2FN2O3S. The molecule has 0 aromatic heterocycles. The Kier molecular flexibility index (Phi) is 6.79. The maximum Gasteiger partial charge on any atom is 0.338 e. The Morgan fingerprint density at radius 3 is 2.69 bits per heavy atom. The van der Waals surface area contributed by atoms with Gasteiger partial charge in [0, 0.05) is 6.20 Å². The lowest BCUT2D eigenvalue weighted by atomic mass is 9.94. The van der Waals surface area contributed by atoms with Crippen molar-refractivity contribution in [2.45, 2.75) is 26.5 Å². The normalized spacial score (nSPS) is 17.3. The number of aliphatic imine (C=N–C) groups is 1. The van der Waals surface area contributed by atoms with Crippen molar-refractivity contribution in [1.29, 1.82) is 0 Å². The molecule has 0 saturated carbocycles. The zero-order chi connectivity index (χ0) is 22.8. The van der Waals surface area contributed by atoms with E-state index in [1.54, 1.807) is 38.1 Å². The topological polar surface area (TPSA) is 51.1 Å². The van der Waals surface area contributed by atoms with Crippen LogP contribution in [0.3, 0.4) is 0 Å². The first-order valence-electron chi connectivity index (χ1n) is 9.83. The van der Waals surface area contributed by atoms with E-state index < -0.39 is 12.0 Å². The highest BCUT2D eigenvalue weighted by Crippen LogP contribution is 2.44. The van der Waals surface area contributed by atoms with Crippen molar-refractivity contribution >= 4 is 46.1 Å². The van der Waals surface area contributed by atoms with Crippen molar-refractivity contribution in [3.63, 3.8) is 0 Å². The number of hydrogen-bond donors (Lipinski definition) is 0. The predicted octanol–water partition coefficient (Wildman–Crippen LogP) is 6.48. The minimum atomic E-state index is -0.500. The van der Waals surface area contributed by atoms with Gasteiger partial charge in [0.2, 0.25) is 0 Å². The van der Waals surface area contributed by atoms with Gasteiger partial charge in [0.15, 0.2) is 10.9 Å².